The summed E-state index contributed by atoms with van der Waals surface area (Å²) >= 11 is 0. The van der Waals surface area contributed by atoms with Gasteiger partial charge < -0.3 is 15.4 Å². The van der Waals surface area contributed by atoms with Gasteiger partial charge in [-0.25, -0.2) is 4.98 Å². The molecule has 0 amide bonds. The van der Waals surface area contributed by atoms with Gasteiger partial charge in [0.1, 0.15) is 5.82 Å². The number of ether oxygens (including phenoxy) is 1. The predicted molar refractivity (Wildman–Crippen MR) is 76.3 cm³/mol. The molecule has 106 valence electrons. The summed E-state index contributed by atoms with van der Waals surface area (Å²) in [5.74, 6) is 1.29. The second kappa shape index (κ2) is 6.68. The monoisotopic (exact) mass is 265 g/mol. The zero-order valence-corrected chi connectivity index (χ0v) is 11.8. The standard InChI is InChI=1S/C13H23N5O/c1-3-19-9-8-17-4-6-18(7-5-17)12-10-11(2)15-13(14)16-12/h10H,3-9H2,1-2H3,(H2,14,15,16). The first-order chi connectivity index (χ1) is 9.19. The van der Waals surface area contributed by atoms with E-state index >= 15 is 0 Å². The number of aryl methyl sites for hydroxylation is 1. The number of hydrogen-bond donors (Lipinski definition) is 1. The minimum Gasteiger partial charge on any atom is -0.380 e. The van der Waals surface area contributed by atoms with Crippen LogP contribution in [0.3, 0.4) is 0 Å². The molecule has 2 heterocycles. The quantitative estimate of drug-likeness (QED) is 0.783. The zero-order chi connectivity index (χ0) is 13.7. The van der Waals surface area contributed by atoms with Crippen LogP contribution in [0.25, 0.3) is 0 Å². The molecule has 0 unspecified atom stereocenters. The van der Waals surface area contributed by atoms with Gasteiger partial charge in [-0.3, -0.25) is 4.90 Å². The fourth-order valence-electron chi connectivity index (χ4n) is 2.27. The van der Waals surface area contributed by atoms with Crippen molar-refractivity contribution in [2.75, 3.05) is 56.6 Å². The average Bonchev–Trinajstić information content (AvgIpc) is 2.39. The number of aromatic nitrogens is 2. The number of hydrogen-bond acceptors (Lipinski definition) is 6. The predicted octanol–water partition coefficient (Wildman–Crippen LogP) is 0.526. The molecular weight excluding hydrogens is 242 g/mol. The van der Waals surface area contributed by atoms with Crippen molar-refractivity contribution in [3.05, 3.63) is 11.8 Å². The van der Waals surface area contributed by atoms with Gasteiger partial charge in [-0.1, -0.05) is 0 Å². The fraction of sp³-hybridized carbons (Fsp3) is 0.692. The van der Waals surface area contributed by atoms with Crippen molar-refractivity contribution >= 4 is 11.8 Å². The van der Waals surface area contributed by atoms with Gasteiger partial charge in [0.15, 0.2) is 0 Å². The lowest BCUT2D eigenvalue weighted by atomic mass is 10.3. The van der Waals surface area contributed by atoms with E-state index in [2.05, 4.69) is 19.8 Å². The van der Waals surface area contributed by atoms with Crippen LogP contribution in [0.1, 0.15) is 12.6 Å². The molecule has 6 nitrogen and oxygen atoms in total. The van der Waals surface area contributed by atoms with E-state index in [1.165, 1.54) is 0 Å². The van der Waals surface area contributed by atoms with Gasteiger partial charge in [0, 0.05) is 51.1 Å². The number of nitrogen functional groups attached to an aromatic ring is 1. The lowest BCUT2D eigenvalue weighted by molar-refractivity contribution is 0.111. The summed E-state index contributed by atoms with van der Waals surface area (Å²) < 4.78 is 5.39. The molecule has 0 bridgehead atoms. The van der Waals surface area contributed by atoms with E-state index in [0.717, 1.165) is 57.4 Å². The van der Waals surface area contributed by atoms with Crippen LogP contribution in [-0.2, 0) is 4.74 Å². The average molecular weight is 265 g/mol. The molecule has 2 rings (SSSR count). The SMILES string of the molecule is CCOCCN1CCN(c2cc(C)nc(N)n2)CC1. The van der Waals surface area contributed by atoms with E-state index in [1.54, 1.807) is 0 Å². The summed E-state index contributed by atoms with van der Waals surface area (Å²) in [7, 11) is 0. The lowest BCUT2D eigenvalue weighted by Gasteiger charge is -2.35. The summed E-state index contributed by atoms with van der Waals surface area (Å²) in [6.07, 6.45) is 0. The molecule has 0 aromatic carbocycles. The lowest BCUT2D eigenvalue weighted by Crippen LogP contribution is -2.47. The molecule has 1 aliphatic rings. The molecule has 0 radical (unpaired) electrons. The summed E-state index contributed by atoms with van der Waals surface area (Å²) in [4.78, 5) is 13.1. The van der Waals surface area contributed by atoms with Crippen molar-refractivity contribution in [3.8, 4) is 0 Å². The summed E-state index contributed by atoms with van der Waals surface area (Å²) in [6.45, 7) is 10.6. The maximum absolute atomic E-state index is 5.70. The van der Waals surface area contributed by atoms with Crippen LogP contribution >= 0.6 is 0 Å². The minimum atomic E-state index is 0.355. The Bertz CT molecular complexity index is 384. The Morgan fingerprint density at radius 2 is 2.00 bits per heavy atom. The van der Waals surface area contributed by atoms with Crippen molar-refractivity contribution in [2.24, 2.45) is 0 Å². The van der Waals surface area contributed by atoms with Gasteiger partial charge in [0.25, 0.3) is 0 Å². The molecule has 0 spiro atoms. The Morgan fingerprint density at radius 3 is 2.63 bits per heavy atom. The van der Waals surface area contributed by atoms with E-state index in [0.29, 0.717) is 5.95 Å². The highest BCUT2D eigenvalue weighted by Crippen LogP contribution is 2.15. The van der Waals surface area contributed by atoms with Gasteiger partial charge in [-0.2, -0.15) is 4.98 Å². The van der Waals surface area contributed by atoms with E-state index in [4.69, 9.17) is 10.5 Å². The number of anilines is 2. The molecule has 1 fully saturated rings. The second-order valence-corrected chi connectivity index (χ2v) is 4.75. The summed E-state index contributed by atoms with van der Waals surface area (Å²) in [5, 5.41) is 0. The Hall–Kier alpha value is -1.40. The molecule has 1 aromatic rings. The minimum absolute atomic E-state index is 0.355. The van der Waals surface area contributed by atoms with Crippen molar-refractivity contribution in [1.82, 2.24) is 14.9 Å². The summed E-state index contributed by atoms with van der Waals surface area (Å²) in [5.41, 5.74) is 6.62. The molecule has 2 N–H and O–H groups in total. The number of nitrogens with two attached hydrogens (primary N) is 1. The van der Waals surface area contributed by atoms with Crippen molar-refractivity contribution in [1.29, 1.82) is 0 Å². The molecule has 0 saturated carbocycles. The van der Waals surface area contributed by atoms with Crippen LogP contribution < -0.4 is 10.6 Å². The fourth-order valence-corrected chi connectivity index (χ4v) is 2.27. The topological polar surface area (TPSA) is 67.5 Å². The molecular formula is C13H23N5O. The third-order valence-electron chi connectivity index (χ3n) is 3.31. The normalized spacial score (nSPS) is 16.8. The van der Waals surface area contributed by atoms with Crippen LogP contribution in [0.2, 0.25) is 0 Å². The molecule has 19 heavy (non-hydrogen) atoms. The molecule has 1 saturated heterocycles. The maximum Gasteiger partial charge on any atom is 0.222 e. The van der Waals surface area contributed by atoms with Crippen LogP contribution in [0.4, 0.5) is 11.8 Å². The first-order valence-corrected chi connectivity index (χ1v) is 6.85. The Balaban J connectivity index is 1.85. The van der Waals surface area contributed by atoms with Crippen molar-refractivity contribution < 1.29 is 4.74 Å². The van der Waals surface area contributed by atoms with Crippen LogP contribution in [0, 0.1) is 6.92 Å². The Morgan fingerprint density at radius 1 is 1.26 bits per heavy atom. The highest BCUT2D eigenvalue weighted by molar-refractivity contribution is 5.43. The third kappa shape index (κ3) is 4.04. The second-order valence-electron chi connectivity index (χ2n) is 4.75. The van der Waals surface area contributed by atoms with Gasteiger partial charge in [0.05, 0.1) is 6.61 Å². The van der Waals surface area contributed by atoms with Gasteiger partial charge in [-0.15, -0.1) is 0 Å². The molecule has 0 aliphatic carbocycles. The van der Waals surface area contributed by atoms with E-state index in [1.807, 2.05) is 19.9 Å². The van der Waals surface area contributed by atoms with Crippen LogP contribution in [0.15, 0.2) is 6.07 Å². The summed E-state index contributed by atoms with van der Waals surface area (Å²) in [6, 6.07) is 1.99. The van der Waals surface area contributed by atoms with Gasteiger partial charge in [-0.05, 0) is 13.8 Å². The van der Waals surface area contributed by atoms with Crippen LogP contribution in [0.5, 0.6) is 0 Å². The zero-order valence-electron chi connectivity index (χ0n) is 11.8. The number of nitrogens with zero attached hydrogens (tertiary/aromatic N) is 4. The van der Waals surface area contributed by atoms with Gasteiger partial charge >= 0.3 is 0 Å². The molecule has 6 heteroatoms. The Labute approximate surface area is 114 Å². The first-order valence-electron chi connectivity index (χ1n) is 6.85. The molecule has 0 atom stereocenters. The third-order valence-corrected chi connectivity index (χ3v) is 3.31. The Kier molecular flexibility index (Phi) is 4.93. The highest BCUT2D eigenvalue weighted by Gasteiger charge is 2.18. The smallest absolute Gasteiger partial charge is 0.222 e. The van der Waals surface area contributed by atoms with Crippen molar-refractivity contribution in [2.45, 2.75) is 13.8 Å². The first kappa shape index (κ1) is 14.0. The van der Waals surface area contributed by atoms with E-state index in [-0.39, 0.29) is 0 Å². The van der Waals surface area contributed by atoms with E-state index < -0.39 is 0 Å². The van der Waals surface area contributed by atoms with Crippen molar-refractivity contribution in [3.63, 3.8) is 0 Å². The maximum atomic E-state index is 5.70. The molecule has 1 aromatic heterocycles. The molecule has 1 aliphatic heterocycles. The van der Waals surface area contributed by atoms with E-state index in [9.17, 15) is 0 Å². The number of rotatable bonds is 5. The largest absolute Gasteiger partial charge is 0.380 e. The highest BCUT2D eigenvalue weighted by atomic mass is 16.5. The number of piperazine rings is 1. The van der Waals surface area contributed by atoms with Gasteiger partial charge in [0.2, 0.25) is 5.95 Å². The van der Waals surface area contributed by atoms with Crippen LogP contribution in [-0.4, -0.2) is 60.8 Å².